The number of aromatic nitrogens is 3. The Morgan fingerprint density at radius 1 is 1.00 bits per heavy atom. The van der Waals surface area contributed by atoms with Gasteiger partial charge in [-0.3, -0.25) is 15.0 Å². The van der Waals surface area contributed by atoms with Crippen LogP contribution in [-0.2, 0) is 6.67 Å². The predicted molar refractivity (Wildman–Crippen MR) is 97.2 cm³/mol. The van der Waals surface area contributed by atoms with E-state index in [0.29, 0.717) is 6.67 Å². The van der Waals surface area contributed by atoms with Crippen molar-refractivity contribution in [3.63, 3.8) is 0 Å². The Kier molecular flexibility index (Phi) is 4.95. The number of hydrogen-bond acceptors (Lipinski definition) is 3. The first-order chi connectivity index (χ1) is 11.9. The zero-order valence-electron chi connectivity index (χ0n) is 14.8. The smallest absolute Gasteiger partial charge is 0.123 e. The summed E-state index contributed by atoms with van der Waals surface area (Å²) in [5, 5.41) is 8.00. The van der Waals surface area contributed by atoms with Crippen molar-refractivity contribution in [1.82, 2.24) is 20.1 Å². The molecular formula is C20H23FN4. The van der Waals surface area contributed by atoms with E-state index < -0.39 is 0 Å². The van der Waals surface area contributed by atoms with Gasteiger partial charge in [0, 0.05) is 30.2 Å². The highest BCUT2D eigenvalue weighted by Gasteiger charge is 2.26. The summed E-state index contributed by atoms with van der Waals surface area (Å²) in [6.07, 6.45) is 5.34. The second-order valence-corrected chi connectivity index (χ2v) is 7.16. The van der Waals surface area contributed by atoms with Gasteiger partial charge < -0.3 is 0 Å². The minimum Gasteiger partial charge on any atom is -0.291 e. The van der Waals surface area contributed by atoms with Gasteiger partial charge in [-0.2, -0.15) is 5.10 Å². The fraction of sp³-hybridized carbons (Fsp3) is 0.300. The van der Waals surface area contributed by atoms with Crippen molar-refractivity contribution in [1.29, 1.82) is 0 Å². The molecule has 0 amide bonds. The van der Waals surface area contributed by atoms with Crippen LogP contribution in [0.1, 0.15) is 32.4 Å². The van der Waals surface area contributed by atoms with Gasteiger partial charge in [0.15, 0.2) is 0 Å². The molecule has 1 N–H and O–H groups in total. The molecule has 0 radical (unpaired) electrons. The molecular weight excluding hydrogens is 315 g/mol. The molecule has 0 saturated heterocycles. The molecule has 0 bridgehead atoms. The third-order valence-electron chi connectivity index (χ3n) is 4.21. The second-order valence-electron chi connectivity index (χ2n) is 7.16. The van der Waals surface area contributed by atoms with Gasteiger partial charge in [-0.25, -0.2) is 4.39 Å². The number of pyridine rings is 1. The number of hydrogen-bond donors (Lipinski definition) is 1. The first-order valence-corrected chi connectivity index (χ1v) is 8.36. The van der Waals surface area contributed by atoms with Gasteiger partial charge in [0.2, 0.25) is 0 Å². The van der Waals surface area contributed by atoms with Crippen LogP contribution >= 0.6 is 0 Å². The molecule has 3 aromatic rings. The van der Waals surface area contributed by atoms with E-state index in [1.54, 1.807) is 18.6 Å². The average molecular weight is 338 g/mol. The molecule has 1 atom stereocenters. The van der Waals surface area contributed by atoms with E-state index in [-0.39, 0.29) is 17.3 Å². The largest absolute Gasteiger partial charge is 0.291 e. The van der Waals surface area contributed by atoms with Crippen LogP contribution in [0.4, 0.5) is 4.39 Å². The Morgan fingerprint density at radius 3 is 2.32 bits per heavy atom. The molecule has 1 aromatic carbocycles. The first-order valence-electron chi connectivity index (χ1n) is 8.36. The Hall–Kier alpha value is -2.53. The summed E-state index contributed by atoms with van der Waals surface area (Å²) in [6.45, 7) is 7.06. The summed E-state index contributed by atoms with van der Waals surface area (Å²) in [5.74, 6) is -0.219. The maximum Gasteiger partial charge on any atom is 0.123 e. The molecule has 0 aliphatic heterocycles. The minimum atomic E-state index is -0.219. The van der Waals surface area contributed by atoms with Crippen molar-refractivity contribution >= 4 is 0 Å². The maximum atomic E-state index is 13.3. The minimum absolute atomic E-state index is 0.0260. The van der Waals surface area contributed by atoms with Crippen molar-refractivity contribution in [3.05, 3.63) is 72.4 Å². The Balaban J connectivity index is 1.81. The zero-order chi connectivity index (χ0) is 17.9. The highest BCUT2D eigenvalue weighted by molar-refractivity contribution is 5.58. The van der Waals surface area contributed by atoms with Gasteiger partial charge in [0.1, 0.15) is 5.82 Å². The average Bonchev–Trinajstić information content (AvgIpc) is 3.05. The van der Waals surface area contributed by atoms with Crippen LogP contribution in [-0.4, -0.2) is 14.8 Å². The van der Waals surface area contributed by atoms with Gasteiger partial charge in [-0.15, -0.1) is 0 Å². The van der Waals surface area contributed by atoms with Crippen LogP contribution in [0.25, 0.3) is 11.3 Å². The Morgan fingerprint density at radius 2 is 1.68 bits per heavy atom. The van der Waals surface area contributed by atoms with Crippen LogP contribution in [0, 0.1) is 11.2 Å². The lowest BCUT2D eigenvalue weighted by Gasteiger charge is -2.32. The normalized spacial score (nSPS) is 13.0. The van der Waals surface area contributed by atoms with E-state index in [9.17, 15) is 4.39 Å². The molecule has 0 aliphatic carbocycles. The number of halogens is 1. The molecule has 2 heterocycles. The van der Waals surface area contributed by atoms with Crippen molar-refractivity contribution in [2.75, 3.05) is 0 Å². The molecule has 0 spiro atoms. The molecule has 3 rings (SSSR count). The second kappa shape index (κ2) is 7.15. The molecule has 0 aliphatic rings. The summed E-state index contributed by atoms with van der Waals surface area (Å²) in [7, 11) is 0. The quantitative estimate of drug-likeness (QED) is 0.749. The molecule has 4 nitrogen and oxygen atoms in total. The Bertz CT molecular complexity index is 804. The van der Waals surface area contributed by atoms with Crippen molar-refractivity contribution in [2.24, 2.45) is 5.41 Å². The summed E-state index contributed by atoms with van der Waals surface area (Å²) in [5.41, 5.74) is 3.14. The molecule has 25 heavy (non-hydrogen) atoms. The summed E-state index contributed by atoms with van der Waals surface area (Å²) >= 11 is 0. The van der Waals surface area contributed by atoms with Gasteiger partial charge in [-0.05, 0) is 41.3 Å². The van der Waals surface area contributed by atoms with Crippen LogP contribution in [0.5, 0.6) is 0 Å². The molecule has 2 aromatic heterocycles. The molecule has 5 heteroatoms. The fourth-order valence-corrected chi connectivity index (χ4v) is 2.98. The fourth-order valence-electron chi connectivity index (χ4n) is 2.98. The van der Waals surface area contributed by atoms with E-state index in [2.05, 4.69) is 36.2 Å². The number of rotatable bonds is 5. The van der Waals surface area contributed by atoms with Crippen molar-refractivity contribution < 1.29 is 4.39 Å². The number of nitrogens with one attached hydrogen (secondary N) is 1. The van der Waals surface area contributed by atoms with E-state index in [0.717, 1.165) is 16.8 Å². The lowest BCUT2D eigenvalue weighted by Crippen LogP contribution is -2.34. The number of benzene rings is 1. The summed E-state index contributed by atoms with van der Waals surface area (Å²) < 4.78 is 15.2. The molecule has 130 valence electrons. The van der Waals surface area contributed by atoms with Crippen LogP contribution in [0.15, 0.2) is 61.1 Å². The zero-order valence-corrected chi connectivity index (χ0v) is 14.8. The molecule has 1 unspecified atom stereocenters. The lowest BCUT2D eigenvalue weighted by atomic mass is 9.82. The van der Waals surface area contributed by atoms with Gasteiger partial charge in [0.25, 0.3) is 0 Å². The standard InChI is InChI=1S/C20H23FN4/c1-20(2,3)19(16-4-6-17(21)7-5-16)23-14-25-18(10-13-24-25)15-8-11-22-12-9-15/h4-13,19,23H,14H2,1-3H3. The van der Waals surface area contributed by atoms with E-state index in [4.69, 9.17) is 0 Å². The maximum absolute atomic E-state index is 13.3. The topological polar surface area (TPSA) is 42.7 Å². The first kappa shape index (κ1) is 17.3. The van der Waals surface area contributed by atoms with Gasteiger partial charge in [0.05, 0.1) is 12.4 Å². The van der Waals surface area contributed by atoms with Crippen LogP contribution in [0.3, 0.4) is 0 Å². The SMILES string of the molecule is CC(C)(C)C(NCn1nccc1-c1ccncc1)c1ccc(F)cc1. The van der Waals surface area contributed by atoms with E-state index >= 15 is 0 Å². The van der Waals surface area contributed by atoms with E-state index in [1.807, 2.05) is 35.0 Å². The highest BCUT2D eigenvalue weighted by Crippen LogP contribution is 2.33. The molecule has 0 saturated carbocycles. The van der Waals surface area contributed by atoms with Crippen LogP contribution < -0.4 is 5.32 Å². The number of nitrogens with zero attached hydrogens (tertiary/aromatic N) is 3. The van der Waals surface area contributed by atoms with Crippen molar-refractivity contribution in [2.45, 2.75) is 33.5 Å². The lowest BCUT2D eigenvalue weighted by molar-refractivity contribution is 0.252. The third-order valence-corrected chi connectivity index (χ3v) is 4.21. The van der Waals surface area contributed by atoms with Gasteiger partial charge >= 0.3 is 0 Å². The highest BCUT2D eigenvalue weighted by atomic mass is 19.1. The Labute approximate surface area is 147 Å². The monoisotopic (exact) mass is 338 g/mol. The molecule has 0 fully saturated rings. The van der Waals surface area contributed by atoms with Gasteiger partial charge in [-0.1, -0.05) is 32.9 Å². The summed E-state index contributed by atoms with van der Waals surface area (Å²) in [4.78, 5) is 4.06. The third kappa shape index (κ3) is 4.12. The van der Waals surface area contributed by atoms with E-state index in [1.165, 1.54) is 12.1 Å². The van der Waals surface area contributed by atoms with Crippen molar-refractivity contribution in [3.8, 4) is 11.3 Å². The van der Waals surface area contributed by atoms with Crippen LogP contribution in [0.2, 0.25) is 0 Å². The predicted octanol–water partition coefficient (Wildman–Crippen LogP) is 4.42. The summed E-state index contributed by atoms with van der Waals surface area (Å²) in [6, 6.07) is 12.7.